The molecular weight excluding hydrogens is 318 g/mol. The number of aliphatic hydroxyl groups is 8. The number of hydrogen-bond donors (Lipinski definition) is 9. The zero-order valence-corrected chi connectivity index (χ0v) is 12.0. The quantitative estimate of drug-likeness (QED) is 0.236. The molecule has 0 aromatic carbocycles. The normalized spacial score (nSPS) is 54.9. The Labute approximate surface area is 131 Å². The molecule has 2 aliphatic rings. The van der Waals surface area contributed by atoms with E-state index >= 15 is 0 Å². The third kappa shape index (κ3) is 3.36. The van der Waals surface area contributed by atoms with Gasteiger partial charge in [0, 0.05) is 0 Å². The van der Waals surface area contributed by atoms with Crippen molar-refractivity contribution in [3.63, 3.8) is 0 Å². The van der Waals surface area contributed by atoms with E-state index in [1.165, 1.54) is 0 Å². The standard InChI is InChI=1S/C12H23NO10/c13-3-5(16)4(15)2(1-14)22-12(3)23-11-9(20)7(18)6(17)8(19)10(11)21/h2-12,14-21H,1,13H2/t2-,3-,4+,5-,6-,7+,8+,9-,10+,11+,12+/m1/s1. The Hall–Kier alpha value is -0.440. The molecule has 1 saturated carbocycles. The van der Waals surface area contributed by atoms with Crippen LogP contribution in [0.1, 0.15) is 0 Å². The molecule has 2 fully saturated rings. The summed E-state index contributed by atoms with van der Waals surface area (Å²) >= 11 is 0. The second kappa shape index (κ2) is 7.21. The molecule has 23 heavy (non-hydrogen) atoms. The van der Waals surface area contributed by atoms with Crippen LogP contribution in [0.25, 0.3) is 0 Å². The molecule has 11 atom stereocenters. The summed E-state index contributed by atoms with van der Waals surface area (Å²) in [5.41, 5.74) is 5.66. The number of ether oxygens (including phenoxy) is 2. The van der Waals surface area contributed by atoms with Gasteiger partial charge in [0.05, 0.1) is 12.6 Å². The number of nitrogens with two attached hydrogens (primary N) is 1. The van der Waals surface area contributed by atoms with Gasteiger partial charge in [0.15, 0.2) is 6.29 Å². The van der Waals surface area contributed by atoms with E-state index in [9.17, 15) is 35.7 Å². The molecule has 2 rings (SSSR count). The second-order valence-electron chi connectivity index (χ2n) is 5.84. The van der Waals surface area contributed by atoms with Crippen LogP contribution >= 0.6 is 0 Å². The van der Waals surface area contributed by atoms with Crippen LogP contribution in [0.15, 0.2) is 0 Å². The Morgan fingerprint density at radius 3 is 1.70 bits per heavy atom. The molecule has 11 heteroatoms. The Morgan fingerprint density at radius 1 is 0.739 bits per heavy atom. The lowest BCUT2D eigenvalue weighted by Crippen LogP contribution is -2.68. The summed E-state index contributed by atoms with van der Waals surface area (Å²) in [6, 6.07) is -1.28. The van der Waals surface area contributed by atoms with Crippen molar-refractivity contribution < 1.29 is 50.3 Å². The highest BCUT2D eigenvalue weighted by Gasteiger charge is 2.52. The molecule has 0 spiro atoms. The third-order valence-corrected chi connectivity index (χ3v) is 4.29. The van der Waals surface area contributed by atoms with Crippen molar-refractivity contribution in [1.82, 2.24) is 0 Å². The Bertz CT molecular complexity index is 382. The molecular formula is C12H23NO10. The van der Waals surface area contributed by atoms with Gasteiger partial charge >= 0.3 is 0 Å². The summed E-state index contributed by atoms with van der Waals surface area (Å²) in [5, 5.41) is 77.1. The van der Waals surface area contributed by atoms with Gasteiger partial charge in [-0.15, -0.1) is 0 Å². The topological polar surface area (TPSA) is 206 Å². The van der Waals surface area contributed by atoms with Crippen molar-refractivity contribution in [2.45, 2.75) is 67.3 Å². The molecule has 11 nitrogen and oxygen atoms in total. The van der Waals surface area contributed by atoms with Crippen LogP contribution < -0.4 is 5.73 Å². The molecule has 0 unspecified atom stereocenters. The molecule has 0 aromatic heterocycles. The minimum Gasteiger partial charge on any atom is -0.394 e. The first-order valence-electron chi connectivity index (χ1n) is 7.14. The van der Waals surface area contributed by atoms with Gasteiger partial charge in [-0.2, -0.15) is 0 Å². The van der Waals surface area contributed by atoms with Gasteiger partial charge in [-0.1, -0.05) is 0 Å². The maximum atomic E-state index is 9.89. The predicted molar refractivity (Wildman–Crippen MR) is 70.6 cm³/mol. The molecule has 10 N–H and O–H groups in total. The fourth-order valence-corrected chi connectivity index (χ4v) is 2.74. The smallest absolute Gasteiger partial charge is 0.176 e. The zero-order chi connectivity index (χ0) is 17.5. The highest BCUT2D eigenvalue weighted by Crippen LogP contribution is 2.28. The zero-order valence-electron chi connectivity index (χ0n) is 12.0. The van der Waals surface area contributed by atoms with Crippen molar-refractivity contribution in [1.29, 1.82) is 0 Å². The van der Waals surface area contributed by atoms with E-state index in [0.29, 0.717) is 0 Å². The SMILES string of the molecule is N[C@H]1[C@H](O[C@H]2[C@H](O)[C@@H](O)[C@@H](O)[C@H](O)[C@@H]2O)O[C@H](CO)[C@H](O)[C@@H]1O. The molecule has 136 valence electrons. The van der Waals surface area contributed by atoms with E-state index in [0.717, 1.165) is 0 Å². The lowest BCUT2D eigenvalue weighted by atomic mass is 9.84. The minimum absolute atomic E-state index is 0.648. The molecule has 1 saturated heterocycles. The maximum Gasteiger partial charge on any atom is 0.176 e. The summed E-state index contributed by atoms with van der Waals surface area (Å²) in [4.78, 5) is 0. The van der Waals surface area contributed by atoms with Crippen molar-refractivity contribution in [2.75, 3.05) is 6.61 Å². The first-order valence-corrected chi connectivity index (χ1v) is 7.14. The first-order chi connectivity index (χ1) is 10.7. The Kier molecular flexibility index (Phi) is 5.92. The second-order valence-corrected chi connectivity index (χ2v) is 5.84. The largest absolute Gasteiger partial charge is 0.394 e. The van der Waals surface area contributed by atoms with Crippen LogP contribution in [-0.4, -0.2) is 115 Å². The summed E-state index contributed by atoms with van der Waals surface area (Å²) in [6.45, 7) is -0.648. The molecule has 1 heterocycles. The van der Waals surface area contributed by atoms with Crippen LogP contribution in [0.4, 0.5) is 0 Å². The highest BCUT2D eigenvalue weighted by atomic mass is 16.7. The minimum atomic E-state index is -1.79. The molecule has 0 bridgehead atoms. The van der Waals surface area contributed by atoms with Gasteiger partial charge in [-0.05, 0) is 0 Å². The van der Waals surface area contributed by atoms with Crippen LogP contribution in [0.3, 0.4) is 0 Å². The molecule has 0 radical (unpaired) electrons. The van der Waals surface area contributed by atoms with E-state index in [1.807, 2.05) is 0 Å². The summed E-state index contributed by atoms with van der Waals surface area (Å²) in [7, 11) is 0. The van der Waals surface area contributed by atoms with Crippen LogP contribution in [0, 0.1) is 0 Å². The van der Waals surface area contributed by atoms with Crippen molar-refractivity contribution >= 4 is 0 Å². The first kappa shape index (κ1) is 18.9. The van der Waals surface area contributed by atoms with Gasteiger partial charge in [-0.25, -0.2) is 0 Å². The van der Waals surface area contributed by atoms with E-state index in [-0.39, 0.29) is 0 Å². The van der Waals surface area contributed by atoms with Gasteiger partial charge < -0.3 is 56.1 Å². The number of rotatable bonds is 3. The van der Waals surface area contributed by atoms with Crippen molar-refractivity contribution in [2.24, 2.45) is 5.73 Å². The fraction of sp³-hybridized carbons (Fsp3) is 1.00. The van der Waals surface area contributed by atoms with Gasteiger partial charge in [0.25, 0.3) is 0 Å². The fourth-order valence-electron chi connectivity index (χ4n) is 2.74. The van der Waals surface area contributed by atoms with Gasteiger partial charge in [-0.3, -0.25) is 0 Å². The lowest BCUT2D eigenvalue weighted by Gasteiger charge is -2.46. The van der Waals surface area contributed by atoms with Crippen molar-refractivity contribution in [3.8, 4) is 0 Å². The third-order valence-electron chi connectivity index (χ3n) is 4.29. The highest BCUT2D eigenvalue weighted by molar-refractivity contribution is 5.00. The molecule has 0 amide bonds. The Morgan fingerprint density at radius 2 is 1.22 bits per heavy atom. The molecule has 1 aliphatic heterocycles. The van der Waals surface area contributed by atoms with E-state index < -0.39 is 73.9 Å². The average molecular weight is 341 g/mol. The van der Waals surface area contributed by atoms with Crippen LogP contribution in [0.2, 0.25) is 0 Å². The van der Waals surface area contributed by atoms with E-state index in [1.54, 1.807) is 0 Å². The van der Waals surface area contributed by atoms with Gasteiger partial charge in [0.2, 0.25) is 0 Å². The average Bonchev–Trinajstić information content (AvgIpc) is 2.54. The monoisotopic (exact) mass is 341 g/mol. The van der Waals surface area contributed by atoms with Crippen LogP contribution in [-0.2, 0) is 9.47 Å². The Balaban J connectivity index is 2.13. The summed E-state index contributed by atoms with van der Waals surface area (Å²) < 4.78 is 10.4. The summed E-state index contributed by atoms with van der Waals surface area (Å²) in [6.07, 6.45) is -16.1. The number of aliphatic hydroxyl groups excluding tert-OH is 8. The number of hydrogen-bond acceptors (Lipinski definition) is 11. The molecule has 0 aromatic rings. The predicted octanol–water partition coefficient (Wildman–Crippen LogP) is -6.04. The summed E-state index contributed by atoms with van der Waals surface area (Å²) in [5.74, 6) is 0. The lowest BCUT2D eigenvalue weighted by molar-refractivity contribution is -0.316. The van der Waals surface area contributed by atoms with Crippen LogP contribution in [0.5, 0.6) is 0 Å². The maximum absolute atomic E-state index is 9.89. The molecule has 1 aliphatic carbocycles. The van der Waals surface area contributed by atoms with E-state index in [4.69, 9.17) is 20.3 Å². The van der Waals surface area contributed by atoms with Gasteiger partial charge in [0.1, 0.15) is 54.9 Å². The van der Waals surface area contributed by atoms with E-state index in [2.05, 4.69) is 0 Å². The van der Waals surface area contributed by atoms with Crippen molar-refractivity contribution in [3.05, 3.63) is 0 Å².